The van der Waals surface area contributed by atoms with Crippen molar-refractivity contribution >= 4 is 82.9 Å². The van der Waals surface area contributed by atoms with Crippen molar-refractivity contribution in [2.75, 3.05) is 4.90 Å². The highest BCUT2D eigenvalue weighted by molar-refractivity contribution is 6.17. The minimum atomic E-state index is -0.297. The zero-order valence-corrected chi connectivity index (χ0v) is 43.9. The molecule has 0 aliphatic heterocycles. The summed E-state index contributed by atoms with van der Waals surface area (Å²) in [6.07, 6.45) is 0. The molecule has 76 heavy (non-hydrogen) atoms. The molecular formula is C72H53NO3. The van der Waals surface area contributed by atoms with Gasteiger partial charge in [0.15, 0.2) is 5.58 Å². The van der Waals surface area contributed by atoms with E-state index in [4.69, 9.17) is 13.3 Å². The summed E-state index contributed by atoms with van der Waals surface area (Å²) in [7, 11) is 0. The Kier molecular flexibility index (Phi) is 7.76. The Bertz CT molecular complexity index is 4580. The zero-order valence-electron chi connectivity index (χ0n) is 43.9. The van der Waals surface area contributed by atoms with E-state index in [0.29, 0.717) is 0 Å². The second-order valence-electron chi connectivity index (χ2n) is 24.4. The molecule has 3 aromatic heterocycles. The second-order valence-corrected chi connectivity index (χ2v) is 24.4. The normalized spacial score (nSPS) is 16.3. The molecule has 0 radical (unpaired) electrons. The summed E-state index contributed by atoms with van der Waals surface area (Å²) < 4.78 is 19.9. The number of fused-ring (bicyclic) bond motifs is 23. The first-order chi connectivity index (χ1) is 36.7. The standard InChI is InChI=1S/C72H53NO3/c1-69(2)50-28-30-62-66(44-17-10-13-22-60(44)74-62)64(50)48-36-54-46(34-56(48)69)40-26-24-38(32-52(40)71(54,5)6)73(58-20-15-19-43-42-16-9-12-21-59(42)76-68(43)58)39-25-27-41-47-35-57-49(37-55(47)72(7,8)53(41)33-39)65-51(70(57,3)4)29-31-63-67(65)45-18-11-14-23-61(45)75-63/h9-37H,1-8H3. The van der Waals surface area contributed by atoms with Crippen LogP contribution in [-0.4, -0.2) is 0 Å². The maximum absolute atomic E-state index is 6.91. The van der Waals surface area contributed by atoms with Gasteiger partial charge in [0.05, 0.1) is 5.69 Å². The van der Waals surface area contributed by atoms with Gasteiger partial charge in [-0.25, -0.2) is 0 Å². The molecular weight excluding hydrogens is 927 g/mol. The van der Waals surface area contributed by atoms with Crippen LogP contribution in [0.2, 0.25) is 0 Å². The minimum Gasteiger partial charge on any atom is -0.456 e. The molecule has 0 N–H and O–H groups in total. The van der Waals surface area contributed by atoms with Crippen LogP contribution in [0.15, 0.2) is 189 Å². The van der Waals surface area contributed by atoms with Crippen molar-refractivity contribution < 1.29 is 13.3 Å². The molecule has 3 heterocycles. The number of anilines is 3. The fourth-order valence-corrected chi connectivity index (χ4v) is 15.1. The van der Waals surface area contributed by atoms with Crippen LogP contribution in [0.3, 0.4) is 0 Å². The fourth-order valence-electron chi connectivity index (χ4n) is 15.1. The summed E-state index contributed by atoms with van der Waals surface area (Å²) in [5.41, 5.74) is 29.0. The van der Waals surface area contributed by atoms with E-state index in [-0.39, 0.29) is 21.7 Å². The monoisotopic (exact) mass is 979 g/mol. The largest absolute Gasteiger partial charge is 0.456 e. The molecule has 0 fully saturated rings. The maximum atomic E-state index is 6.91. The highest BCUT2D eigenvalue weighted by atomic mass is 16.3. The molecule has 4 aliphatic rings. The van der Waals surface area contributed by atoms with Gasteiger partial charge in [-0.05, 0) is 174 Å². The van der Waals surface area contributed by atoms with Gasteiger partial charge in [-0.1, -0.05) is 146 Å². The Labute approximate surface area is 440 Å². The Morgan fingerprint density at radius 2 is 0.684 bits per heavy atom. The lowest BCUT2D eigenvalue weighted by Crippen LogP contribution is -2.18. The molecule has 17 rings (SSSR count). The molecule has 0 amide bonds. The van der Waals surface area contributed by atoms with Gasteiger partial charge in [0.1, 0.15) is 27.9 Å². The highest BCUT2D eigenvalue weighted by Gasteiger charge is 2.45. The third-order valence-electron chi connectivity index (χ3n) is 19.1. The molecule has 4 heteroatoms. The third kappa shape index (κ3) is 5.11. The van der Waals surface area contributed by atoms with Crippen molar-refractivity contribution in [3.8, 4) is 44.5 Å². The van der Waals surface area contributed by atoms with E-state index in [2.05, 4.69) is 236 Å². The van der Waals surface area contributed by atoms with E-state index >= 15 is 0 Å². The fraction of sp³-hybridized carbons (Fsp3) is 0.167. The predicted molar refractivity (Wildman–Crippen MR) is 313 cm³/mol. The van der Waals surface area contributed by atoms with Crippen molar-refractivity contribution in [1.82, 2.24) is 0 Å². The first-order valence-corrected chi connectivity index (χ1v) is 27.0. The Morgan fingerprint density at radius 3 is 1.18 bits per heavy atom. The molecule has 4 aliphatic carbocycles. The molecule has 0 bridgehead atoms. The van der Waals surface area contributed by atoms with Gasteiger partial charge in [-0.3, -0.25) is 0 Å². The molecule has 13 aromatic rings. The smallest absolute Gasteiger partial charge is 0.159 e. The van der Waals surface area contributed by atoms with Crippen molar-refractivity contribution in [2.45, 2.75) is 77.0 Å². The summed E-state index contributed by atoms with van der Waals surface area (Å²) >= 11 is 0. The number of hydrogen-bond acceptors (Lipinski definition) is 4. The summed E-state index contributed by atoms with van der Waals surface area (Å²) in [5, 5.41) is 7.00. The van der Waals surface area contributed by atoms with Gasteiger partial charge in [-0.15, -0.1) is 0 Å². The van der Waals surface area contributed by atoms with Crippen LogP contribution < -0.4 is 4.90 Å². The molecule has 0 atom stereocenters. The number of benzene rings is 10. The summed E-state index contributed by atoms with van der Waals surface area (Å²) in [6.45, 7) is 19.2. The lowest BCUT2D eigenvalue weighted by atomic mass is 9.79. The van der Waals surface area contributed by atoms with Crippen LogP contribution in [0.5, 0.6) is 0 Å². The predicted octanol–water partition coefficient (Wildman–Crippen LogP) is 20.1. The summed E-state index contributed by atoms with van der Waals surface area (Å²) in [6, 6.07) is 65.5. The van der Waals surface area contributed by atoms with Crippen LogP contribution in [0.4, 0.5) is 17.1 Å². The lowest BCUT2D eigenvalue weighted by Gasteiger charge is -2.29. The van der Waals surface area contributed by atoms with E-state index in [0.717, 1.165) is 61.3 Å². The molecule has 0 saturated carbocycles. The zero-order chi connectivity index (χ0) is 51.1. The summed E-state index contributed by atoms with van der Waals surface area (Å²) in [5.74, 6) is 0. The first-order valence-electron chi connectivity index (χ1n) is 27.0. The average Bonchev–Trinajstić information content (AvgIpc) is 4.44. The van der Waals surface area contributed by atoms with E-state index in [9.17, 15) is 0 Å². The lowest BCUT2D eigenvalue weighted by molar-refractivity contribution is 0.650. The number of para-hydroxylation sites is 4. The topological polar surface area (TPSA) is 42.7 Å². The van der Waals surface area contributed by atoms with Crippen LogP contribution in [0, 0.1) is 0 Å². The maximum Gasteiger partial charge on any atom is 0.159 e. The van der Waals surface area contributed by atoms with Gasteiger partial charge in [0.25, 0.3) is 0 Å². The van der Waals surface area contributed by atoms with Gasteiger partial charge in [-0.2, -0.15) is 0 Å². The molecule has 4 nitrogen and oxygen atoms in total. The van der Waals surface area contributed by atoms with Crippen molar-refractivity contribution in [3.63, 3.8) is 0 Å². The van der Waals surface area contributed by atoms with Gasteiger partial charge >= 0.3 is 0 Å². The van der Waals surface area contributed by atoms with Gasteiger partial charge < -0.3 is 18.2 Å². The van der Waals surface area contributed by atoms with Crippen LogP contribution in [0.1, 0.15) is 99.9 Å². The number of nitrogens with zero attached hydrogens (tertiary/aromatic N) is 1. The molecule has 0 unspecified atom stereocenters. The third-order valence-corrected chi connectivity index (χ3v) is 19.1. The number of rotatable bonds is 3. The van der Waals surface area contributed by atoms with Crippen LogP contribution >= 0.6 is 0 Å². The average molecular weight is 980 g/mol. The first kappa shape index (κ1) is 42.7. The quantitative estimate of drug-likeness (QED) is 0.177. The molecule has 0 spiro atoms. The van der Waals surface area contributed by atoms with Crippen molar-refractivity contribution in [1.29, 1.82) is 0 Å². The van der Waals surface area contributed by atoms with Gasteiger partial charge in [0, 0.05) is 65.4 Å². The van der Waals surface area contributed by atoms with E-state index in [1.54, 1.807) is 0 Å². The minimum absolute atomic E-state index is 0.190. The highest BCUT2D eigenvalue weighted by Crippen LogP contribution is 2.61. The van der Waals surface area contributed by atoms with Gasteiger partial charge in [0.2, 0.25) is 0 Å². The SMILES string of the molecule is CC1(C)c2cc(N(c3ccc4c(c3)C(C)(C)c3cc5c(cc3-4)C(C)(C)c3ccc4oc6ccccc6c4c3-5)c3cccc4c3oc3ccccc34)ccc2-c2cc3c(cc21)-c1c(ccc2oc4ccccc4c12)C3(C)C. The Balaban J connectivity index is 0.841. The van der Waals surface area contributed by atoms with Crippen LogP contribution in [-0.2, 0) is 21.7 Å². The molecule has 10 aromatic carbocycles. The van der Waals surface area contributed by atoms with E-state index in [1.807, 2.05) is 0 Å². The Hall–Kier alpha value is -8.60. The number of hydrogen-bond donors (Lipinski definition) is 0. The number of furan rings is 3. The van der Waals surface area contributed by atoms with Crippen LogP contribution in [0.25, 0.3) is 110 Å². The second kappa shape index (κ2) is 13.8. The van der Waals surface area contributed by atoms with Crippen molar-refractivity contribution in [3.05, 3.63) is 220 Å². The molecule has 364 valence electrons. The van der Waals surface area contributed by atoms with E-state index in [1.165, 1.54) is 111 Å². The Morgan fingerprint density at radius 1 is 0.289 bits per heavy atom. The summed E-state index contributed by atoms with van der Waals surface area (Å²) in [4.78, 5) is 2.46. The molecule has 0 saturated heterocycles. The van der Waals surface area contributed by atoms with Crippen molar-refractivity contribution in [2.24, 2.45) is 0 Å². The van der Waals surface area contributed by atoms with E-state index < -0.39 is 0 Å².